The average Bonchev–Trinajstić information content (AvgIpc) is 2.77. The Kier molecular flexibility index (Phi) is 8.47. The Hall–Kier alpha value is -2.50. The highest BCUT2D eigenvalue weighted by Crippen LogP contribution is 2.30. The predicted octanol–water partition coefficient (Wildman–Crippen LogP) is 5.55. The Balaban J connectivity index is 1.80. The highest BCUT2D eigenvalue weighted by atomic mass is 35.5. The van der Waals surface area contributed by atoms with Crippen LogP contribution in [0.2, 0.25) is 15.1 Å². The van der Waals surface area contributed by atoms with Crippen molar-refractivity contribution in [1.82, 2.24) is 0 Å². The number of anilines is 3. The van der Waals surface area contributed by atoms with Gasteiger partial charge in [-0.05, 0) is 74.0 Å². The van der Waals surface area contributed by atoms with E-state index in [0.29, 0.717) is 15.6 Å². The number of sulfonamides is 2. The van der Waals surface area contributed by atoms with Gasteiger partial charge in [0.15, 0.2) is 0 Å². The summed E-state index contributed by atoms with van der Waals surface area (Å²) >= 11 is 17.9. The number of benzene rings is 3. The quantitative estimate of drug-likeness (QED) is 0.357. The van der Waals surface area contributed by atoms with Crippen LogP contribution < -0.4 is 14.3 Å². The van der Waals surface area contributed by atoms with Crippen LogP contribution in [0.1, 0.15) is 12.5 Å². The Morgan fingerprint density at radius 3 is 2.06 bits per heavy atom. The van der Waals surface area contributed by atoms with E-state index in [-0.39, 0.29) is 27.0 Å². The Labute approximate surface area is 225 Å². The zero-order valence-corrected chi connectivity index (χ0v) is 23.2. The lowest BCUT2D eigenvalue weighted by atomic mass is 10.1. The summed E-state index contributed by atoms with van der Waals surface area (Å²) < 4.78 is 53.9. The van der Waals surface area contributed by atoms with Crippen LogP contribution in [-0.4, -0.2) is 35.0 Å². The molecule has 13 heteroatoms. The highest BCUT2D eigenvalue weighted by molar-refractivity contribution is 7.92. The Morgan fingerprint density at radius 2 is 1.47 bits per heavy atom. The molecule has 3 aromatic rings. The zero-order chi connectivity index (χ0) is 26.8. The topological polar surface area (TPSA) is 113 Å². The number of nitrogens with one attached hydrogen (secondary N) is 2. The van der Waals surface area contributed by atoms with Crippen LogP contribution in [0.3, 0.4) is 0 Å². The summed E-state index contributed by atoms with van der Waals surface area (Å²) in [7, 11) is -7.83. The number of carbonyl (C=O) groups excluding carboxylic acids is 1. The van der Waals surface area contributed by atoms with Crippen LogP contribution in [0, 0.1) is 6.92 Å². The fourth-order valence-electron chi connectivity index (χ4n) is 3.34. The number of nitrogens with zero attached hydrogens (tertiary/aromatic N) is 1. The third kappa shape index (κ3) is 6.63. The molecule has 0 bridgehead atoms. The maximum Gasteiger partial charge on any atom is 0.261 e. The molecule has 0 spiro atoms. The van der Waals surface area contributed by atoms with Crippen LogP contribution in [0.25, 0.3) is 0 Å². The molecule has 0 saturated carbocycles. The van der Waals surface area contributed by atoms with Gasteiger partial charge in [0.1, 0.15) is 6.04 Å². The number of amides is 1. The molecule has 0 aromatic heterocycles. The summed E-state index contributed by atoms with van der Waals surface area (Å²) in [5.41, 5.74) is 1.32. The first-order valence-corrected chi connectivity index (χ1v) is 14.8. The second-order valence-electron chi connectivity index (χ2n) is 7.91. The maximum atomic E-state index is 13.0. The Bertz CT molecular complexity index is 1510. The van der Waals surface area contributed by atoms with Crippen molar-refractivity contribution in [2.45, 2.75) is 24.8 Å². The van der Waals surface area contributed by atoms with Crippen LogP contribution in [0.5, 0.6) is 0 Å². The number of aryl methyl sites for hydroxylation is 1. The fourth-order valence-corrected chi connectivity index (χ4v) is 6.32. The van der Waals surface area contributed by atoms with Gasteiger partial charge in [0.25, 0.3) is 10.0 Å². The standard InChI is InChI=1S/C23H22Cl3N3O5S2/c1-14-4-5-17(25)13-22(14)29(35(3,31)32)15(2)23(30)27-18-7-9-19(10-8-18)36(33,34)28-21-11-6-16(24)12-20(21)26/h4-13,15,28H,1-3H3,(H,27,30)/t15-/m0/s1. The lowest BCUT2D eigenvalue weighted by molar-refractivity contribution is -0.116. The summed E-state index contributed by atoms with van der Waals surface area (Å²) in [5.74, 6) is -0.624. The number of hydrogen-bond acceptors (Lipinski definition) is 5. The largest absolute Gasteiger partial charge is 0.324 e. The van der Waals surface area contributed by atoms with Gasteiger partial charge in [-0.2, -0.15) is 0 Å². The molecule has 3 aromatic carbocycles. The van der Waals surface area contributed by atoms with E-state index in [1.54, 1.807) is 19.1 Å². The van der Waals surface area contributed by atoms with Gasteiger partial charge < -0.3 is 5.32 Å². The predicted molar refractivity (Wildman–Crippen MR) is 145 cm³/mol. The molecular formula is C23H22Cl3N3O5S2. The molecule has 0 saturated heterocycles. The molecule has 0 aliphatic heterocycles. The van der Waals surface area contributed by atoms with Gasteiger partial charge in [-0.15, -0.1) is 0 Å². The summed E-state index contributed by atoms with van der Waals surface area (Å²) in [6.45, 7) is 3.15. The second kappa shape index (κ2) is 10.9. The molecular weight excluding hydrogens is 569 g/mol. The third-order valence-corrected chi connectivity index (χ3v) is 8.50. The van der Waals surface area contributed by atoms with E-state index in [1.165, 1.54) is 55.5 Å². The van der Waals surface area contributed by atoms with Crippen LogP contribution in [0.4, 0.5) is 17.1 Å². The van der Waals surface area contributed by atoms with Gasteiger partial charge in [-0.1, -0.05) is 40.9 Å². The normalized spacial score (nSPS) is 12.6. The monoisotopic (exact) mass is 589 g/mol. The first-order chi connectivity index (χ1) is 16.7. The Morgan fingerprint density at radius 1 is 0.889 bits per heavy atom. The van der Waals surface area contributed by atoms with Crippen molar-refractivity contribution in [3.8, 4) is 0 Å². The van der Waals surface area contributed by atoms with Crippen molar-refractivity contribution in [3.63, 3.8) is 0 Å². The van der Waals surface area contributed by atoms with Crippen LogP contribution in [0.15, 0.2) is 65.6 Å². The van der Waals surface area contributed by atoms with E-state index in [1.807, 2.05) is 0 Å². The van der Waals surface area contributed by atoms with E-state index in [4.69, 9.17) is 34.8 Å². The summed E-state index contributed by atoms with van der Waals surface area (Å²) in [5, 5.41) is 3.43. The summed E-state index contributed by atoms with van der Waals surface area (Å²) in [4.78, 5) is 12.9. The molecule has 1 amide bonds. The minimum absolute atomic E-state index is 0.0770. The van der Waals surface area contributed by atoms with Crippen molar-refractivity contribution in [3.05, 3.63) is 81.3 Å². The average molecular weight is 591 g/mol. The lowest BCUT2D eigenvalue weighted by Crippen LogP contribution is -2.45. The first-order valence-electron chi connectivity index (χ1n) is 10.3. The van der Waals surface area contributed by atoms with Gasteiger partial charge >= 0.3 is 0 Å². The zero-order valence-electron chi connectivity index (χ0n) is 19.3. The molecule has 0 heterocycles. The van der Waals surface area contributed by atoms with E-state index >= 15 is 0 Å². The highest BCUT2D eigenvalue weighted by Gasteiger charge is 2.30. The molecule has 3 rings (SSSR count). The molecule has 192 valence electrons. The smallest absolute Gasteiger partial charge is 0.261 e. The first kappa shape index (κ1) is 28.1. The molecule has 0 radical (unpaired) electrons. The lowest BCUT2D eigenvalue weighted by Gasteiger charge is -2.29. The van der Waals surface area contributed by atoms with Crippen molar-refractivity contribution >= 4 is 77.8 Å². The minimum Gasteiger partial charge on any atom is -0.324 e. The van der Waals surface area contributed by atoms with Crippen molar-refractivity contribution < 1.29 is 21.6 Å². The number of halogens is 3. The van der Waals surface area contributed by atoms with Crippen molar-refractivity contribution in [2.24, 2.45) is 0 Å². The van der Waals surface area contributed by atoms with Gasteiger partial charge in [-0.25, -0.2) is 16.8 Å². The molecule has 2 N–H and O–H groups in total. The molecule has 36 heavy (non-hydrogen) atoms. The molecule has 0 aliphatic rings. The molecule has 1 atom stereocenters. The molecule has 8 nitrogen and oxygen atoms in total. The van der Waals surface area contributed by atoms with E-state index in [0.717, 1.165) is 10.6 Å². The van der Waals surface area contributed by atoms with Crippen molar-refractivity contribution in [2.75, 3.05) is 20.6 Å². The van der Waals surface area contributed by atoms with E-state index in [2.05, 4.69) is 10.0 Å². The number of carbonyl (C=O) groups is 1. The van der Waals surface area contributed by atoms with Crippen LogP contribution >= 0.6 is 34.8 Å². The van der Waals surface area contributed by atoms with Gasteiger partial charge in [0.2, 0.25) is 15.9 Å². The van der Waals surface area contributed by atoms with Gasteiger partial charge in [0, 0.05) is 15.7 Å². The summed E-state index contributed by atoms with van der Waals surface area (Å²) in [6.07, 6.45) is 0.997. The van der Waals surface area contributed by atoms with E-state index in [9.17, 15) is 21.6 Å². The number of hydrogen-bond donors (Lipinski definition) is 2. The van der Waals surface area contributed by atoms with Gasteiger partial charge in [-0.3, -0.25) is 13.8 Å². The van der Waals surface area contributed by atoms with Crippen molar-refractivity contribution in [1.29, 1.82) is 0 Å². The minimum atomic E-state index is -3.98. The fraction of sp³-hybridized carbons (Fsp3) is 0.174. The second-order valence-corrected chi connectivity index (χ2v) is 12.7. The summed E-state index contributed by atoms with van der Waals surface area (Å²) in [6, 6.07) is 13.3. The van der Waals surface area contributed by atoms with E-state index < -0.39 is 32.0 Å². The maximum absolute atomic E-state index is 13.0. The van der Waals surface area contributed by atoms with Gasteiger partial charge in [0.05, 0.1) is 27.5 Å². The third-order valence-electron chi connectivity index (χ3n) is 5.10. The molecule has 0 unspecified atom stereocenters. The molecule has 0 fully saturated rings. The molecule has 0 aliphatic carbocycles. The SMILES string of the molecule is Cc1ccc(Cl)cc1N([C@@H](C)C(=O)Nc1ccc(S(=O)(=O)Nc2ccc(Cl)cc2Cl)cc1)S(C)(=O)=O. The number of rotatable bonds is 8. The van der Waals surface area contributed by atoms with Crippen LogP contribution in [-0.2, 0) is 24.8 Å².